The molecule has 0 radical (unpaired) electrons. The van der Waals surface area contributed by atoms with E-state index >= 15 is 0 Å². The van der Waals surface area contributed by atoms with Crippen molar-refractivity contribution >= 4 is 11.7 Å². The fraction of sp³-hybridized carbons (Fsp3) is 0.647. The van der Waals surface area contributed by atoms with Gasteiger partial charge in [-0.15, -0.1) is 0 Å². The summed E-state index contributed by atoms with van der Waals surface area (Å²) in [4.78, 5) is 18.8. The first kappa shape index (κ1) is 16.1. The highest BCUT2D eigenvalue weighted by atomic mass is 16.5. The van der Waals surface area contributed by atoms with Crippen LogP contribution in [0.25, 0.3) is 0 Å². The number of ether oxygens (including phenoxy) is 2. The molecule has 3 rings (SSSR count). The summed E-state index contributed by atoms with van der Waals surface area (Å²) in [7, 11) is 1.63. The molecular formula is C17H25N3O3. The molecule has 1 aliphatic carbocycles. The van der Waals surface area contributed by atoms with Gasteiger partial charge in [0.2, 0.25) is 5.88 Å². The number of piperidine rings is 1. The summed E-state index contributed by atoms with van der Waals surface area (Å²) >= 11 is 0. The largest absolute Gasteiger partial charge is 0.475 e. The Morgan fingerprint density at radius 3 is 2.96 bits per heavy atom. The van der Waals surface area contributed by atoms with E-state index in [1.54, 1.807) is 19.4 Å². The Morgan fingerprint density at radius 2 is 2.17 bits per heavy atom. The van der Waals surface area contributed by atoms with E-state index in [1.807, 2.05) is 11.0 Å². The highest BCUT2D eigenvalue weighted by molar-refractivity contribution is 5.89. The van der Waals surface area contributed by atoms with Gasteiger partial charge in [0.05, 0.1) is 18.5 Å². The van der Waals surface area contributed by atoms with E-state index in [-0.39, 0.29) is 6.03 Å². The average molecular weight is 319 g/mol. The Labute approximate surface area is 137 Å². The van der Waals surface area contributed by atoms with Gasteiger partial charge in [0.15, 0.2) is 0 Å². The number of fused-ring (bicyclic) bond motifs is 1. The fourth-order valence-corrected chi connectivity index (χ4v) is 3.67. The molecule has 6 nitrogen and oxygen atoms in total. The summed E-state index contributed by atoms with van der Waals surface area (Å²) in [5.41, 5.74) is 0.703. The van der Waals surface area contributed by atoms with Crippen LogP contribution in [0.15, 0.2) is 18.3 Å². The van der Waals surface area contributed by atoms with E-state index in [9.17, 15) is 4.79 Å². The number of hydrogen-bond acceptors (Lipinski definition) is 4. The van der Waals surface area contributed by atoms with Gasteiger partial charge in [0.25, 0.3) is 0 Å². The third-order valence-corrected chi connectivity index (χ3v) is 4.78. The first-order valence-electron chi connectivity index (χ1n) is 8.43. The van der Waals surface area contributed by atoms with E-state index in [4.69, 9.17) is 9.47 Å². The molecule has 1 aliphatic heterocycles. The molecule has 126 valence electrons. The number of amides is 2. The summed E-state index contributed by atoms with van der Waals surface area (Å²) in [6.07, 6.45) is 7.67. The number of carbonyl (C=O) groups is 1. The predicted octanol–water partition coefficient (Wildman–Crippen LogP) is 2.90. The first-order valence-corrected chi connectivity index (χ1v) is 8.43. The predicted molar refractivity (Wildman–Crippen MR) is 87.7 cm³/mol. The molecule has 0 aromatic carbocycles. The molecule has 2 heterocycles. The SMILES string of the molecule is COCCOc1ccc(NC(=O)N2CCC[C@@H]3CCC[C@H]32)cn1. The molecule has 1 saturated heterocycles. The number of methoxy groups -OCH3 is 1. The number of aromatic nitrogens is 1. The third-order valence-electron chi connectivity index (χ3n) is 4.78. The Kier molecular flexibility index (Phi) is 5.33. The van der Waals surface area contributed by atoms with Crippen LogP contribution in [0.1, 0.15) is 32.1 Å². The maximum absolute atomic E-state index is 12.5. The minimum atomic E-state index is -0.00329. The van der Waals surface area contributed by atoms with Crippen molar-refractivity contribution < 1.29 is 14.3 Å². The standard InChI is InChI=1S/C17H25N3O3/c1-22-10-11-23-16-8-7-14(12-18-16)19-17(21)20-9-3-5-13-4-2-6-15(13)20/h7-8,12-13,15H,2-6,9-11H2,1H3,(H,19,21)/t13-,15+/m0/s1. The zero-order valence-corrected chi connectivity index (χ0v) is 13.7. The van der Waals surface area contributed by atoms with Gasteiger partial charge >= 0.3 is 6.03 Å². The maximum Gasteiger partial charge on any atom is 0.322 e. The summed E-state index contributed by atoms with van der Waals surface area (Å²) < 4.78 is 10.3. The Balaban J connectivity index is 1.55. The first-order chi connectivity index (χ1) is 11.3. The second-order valence-corrected chi connectivity index (χ2v) is 6.25. The molecule has 0 bridgehead atoms. The fourth-order valence-electron chi connectivity index (χ4n) is 3.67. The van der Waals surface area contributed by atoms with Crippen molar-refractivity contribution in [2.24, 2.45) is 5.92 Å². The van der Waals surface area contributed by atoms with Gasteiger partial charge < -0.3 is 19.7 Å². The average Bonchev–Trinajstić information content (AvgIpc) is 3.05. The number of hydrogen-bond donors (Lipinski definition) is 1. The van der Waals surface area contributed by atoms with Crippen LogP contribution < -0.4 is 10.1 Å². The zero-order chi connectivity index (χ0) is 16.1. The summed E-state index contributed by atoms with van der Waals surface area (Å²) in [5, 5.41) is 2.96. The van der Waals surface area contributed by atoms with Crippen molar-refractivity contribution in [1.29, 1.82) is 0 Å². The van der Waals surface area contributed by atoms with Crippen LogP contribution in [0.2, 0.25) is 0 Å². The Morgan fingerprint density at radius 1 is 1.30 bits per heavy atom. The number of likely N-dealkylation sites (tertiary alicyclic amines) is 1. The van der Waals surface area contributed by atoms with Crippen molar-refractivity contribution in [1.82, 2.24) is 9.88 Å². The van der Waals surface area contributed by atoms with Gasteiger partial charge in [-0.3, -0.25) is 0 Å². The molecule has 2 atom stereocenters. The van der Waals surface area contributed by atoms with Crippen LogP contribution in [0.3, 0.4) is 0 Å². The van der Waals surface area contributed by atoms with Gasteiger partial charge in [0, 0.05) is 25.8 Å². The van der Waals surface area contributed by atoms with Gasteiger partial charge in [-0.2, -0.15) is 0 Å². The van der Waals surface area contributed by atoms with Crippen molar-refractivity contribution in [2.45, 2.75) is 38.1 Å². The smallest absolute Gasteiger partial charge is 0.322 e. The normalized spacial score (nSPS) is 23.4. The molecule has 6 heteroatoms. The molecule has 2 aliphatic rings. The monoisotopic (exact) mass is 319 g/mol. The quantitative estimate of drug-likeness (QED) is 0.848. The van der Waals surface area contributed by atoms with Gasteiger partial charge in [-0.05, 0) is 37.7 Å². The number of anilines is 1. The van der Waals surface area contributed by atoms with E-state index in [0.717, 1.165) is 19.4 Å². The summed E-state index contributed by atoms with van der Waals surface area (Å²) in [6.45, 7) is 1.85. The summed E-state index contributed by atoms with van der Waals surface area (Å²) in [5.74, 6) is 1.23. The van der Waals surface area contributed by atoms with Gasteiger partial charge in [-0.25, -0.2) is 9.78 Å². The number of rotatable bonds is 5. The van der Waals surface area contributed by atoms with Crippen LogP contribution >= 0.6 is 0 Å². The van der Waals surface area contributed by atoms with Gasteiger partial charge in [0.1, 0.15) is 6.61 Å². The zero-order valence-electron chi connectivity index (χ0n) is 13.7. The van der Waals surface area contributed by atoms with Crippen LogP contribution in [0.4, 0.5) is 10.5 Å². The topological polar surface area (TPSA) is 63.7 Å². The van der Waals surface area contributed by atoms with Gasteiger partial charge in [-0.1, -0.05) is 6.42 Å². The molecule has 23 heavy (non-hydrogen) atoms. The van der Waals surface area contributed by atoms with Crippen LogP contribution in [0, 0.1) is 5.92 Å². The lowest BCUT2D eigenvalue weighted by molar-refractivity contribution is 0.138. The third kappa shape index (κ3) is 3.93. The molecule has 1 aromatic rings. The van der Waals surface area contributed by atoms with E-state index in [2.05, 4.69) is 10.3 Å². The minimum absolute atomic E-state index is 0.00329. The van der Waals surface area contributed by atoms with E-state index < -0.39 is 0 Å². The minimum Gasteiger partial charge on any atom is -0.475 e. The molecular weight excluding hydrogens is 294 g/mol. The second kappa shape index (κ2) is 7.64. The lowest BCUT2D eigenvalue weighted by Gasteiger charge is -2.37. The molecule has 1 saturated carbocycles. The highest BCUT2D eigenvalue weighted by Crippen LogP contribution is 2.36. The van der Waals surface area contributed by atoms with Crippen LogP contribution in [-0.2, 0) is 4.74 Å². The van der Waals surface area contributed by atoms with E-state index in [0.29, 0.717) is 36.7 Å². The maximum atomic E-state index is 12.5. The van der Waals surface area contributed by atoms with Crippen molar-refractivity contribution in [3.05, 3.63) is 18.3 Å². The number of pyridine rings is 1. The number of nitrogens with zero attached hydrogens (tertiary/aromatic N) is 2. The molecule has 2 fully saturated rings. The number of nitrogens with one attached hydrogen (secondary N) is 1. The van der Waals surface area contributed by atoms with Crippen molar-refractivity contribution in [2.75, 3.05) is 32.2 Å². The number of carbonyl (C=O) groups excluding carboxylic acids is 1. The molecule has 2 amide bonds. The molecule has 1 aromatic heterocycles. The van der Waals surface area contributed by atoms with Crippen molar-refractivity contribution in [3.63, 3.8) is 0 Å². The second-order valence-electron chi connectivity index (χ2n) is 6.25. The highest BCUT2D eigenvalue weighted by Gasteiger charge is 2.37. The Hall–Kier alpha value is -1.82. The Bertz CT molecular complexity index is 520. The molecule has 0 spiro atoms. The van der Waals surface area contributed by atoms with Crippen LogP contribution in [0.5, 0.6) is 5.88 Å². The van der Waals surface area contributed by atoms with Crippen molar-refractivity contribution in [3.8, 4) is 5.88 Å². The molecule has 1 N–H and O–H groups in total. The lowest BCUT2D eigenvalue weighted by atomic mass is 9.92. The number of urea groups is 1. The molecule has 0 unspecified atom stereocenters. The van der Waals surface area contributed by atoms with Crippen LogP contribution in [-0.4, -0.2) is 48.8 Å². The lowest BCUT2D eigenvalue weighted by Crippen LogP contribution is -2.48. The summed E-state index contributed by atoms with van der Waals surface area (Å²) in [6, 6.07) is 4.01. The van der Waals surface area contributed by atoms with E-state index in [1.165, 1.54) is 19.3 Å².